The van der Waals surface area contributed by atoms with E-state index >= 15 is 0 Å². The summed E-state index contributed by atoms with van der Waals surface area (Å²) in [4.78, 5) is 18.9. The van der Waals surface area contributed by atoms with Gasteiger partial charge in [-0.2, -0.15) is 0 Å². The fourth-order valence-electron chi connectivity index (χ4n) is 2.89. The molecule has 2 heterocycles. The molecule has 0 amide bonds. The number of hydrogen-bond acceptors (Lipinski definition) is 5. The number of aryl methyl sites for hydroxylation is 1. The summed E-state index contributed by atoms with van der Waals surface area (Å²) in [6.07, 6.45) is 8.17. The number of aromatic nitrogens is 1. The van der Waals surface area contributed by atoms with Crippen LogP contribution in [0.15, 0.2) is 18.2 Å². The molecule has 1 aromatic heterocycles. The molecule has 0 radical (unpaired) electrons. The molecule has 0 saturated carbocycles. The molecular weight excluding hydrogens is 328 g/mol. The van der Waals surface area contributed by atoms with E-state index in [0.29, 0.717) is 19.3 Å². The van der Waals surface area contributed by atoms with Gasteiger partial charge in [0.2, 0.25) is 0 Å². The van der Waals surface area contributed by atoms with Gasteiger partial charge in [0.1, 0.15) is 6.23 Å². The number of esters is 1. The zero-order chi connectivity index (χ0) is 18.9. The fraction of sp³-hybridized carbons (Fsp3) is 0.619. The van der Waals surface area contributed by atoms with Crippen molar-refractivity contribution in [3.8, 4) is 0 Å². The standard InChI is InChI=1S/C21H32N2O3/c1-5-7-9-17-10-11-18(21-23(4)16(3)15-26-21)19(22-17)12-13-20(24)25-14-8-6-2/h10-13,16,21H,5-9,14-15H2,1-4H3/b13-12+/t16-,21?/m0/s1. The smallest absolute Gasteiger partial charge is 0.330 e. The second-order valence-electron chi connectivity index (χ2n) is 6.94. The maximum Gasteiger partial charge on any atom is 0.330 e. The highest BCUT2D eigenvalue weighted by atomic mass is 16.5. The molecule has 1 aliphatic rings. The molecule has 1 saturated heterocycles. The summed E-state index contributed by atoms with van der Waals surface area (Å²) in [7, 11) is 2.06. The van der Waals surface area contributed by atoms with Gasteiger partial charge in [0.05, 0.1) is 18.9 Å². The molecule has 2 rings (SSSR count). The van der Waals surface area contributed by atoms with Crippen molar-refractivity contribution in [2.75, 3.05) is 20.3 Å². The normalized spacial score (nSPS) is 20.8. The number of hydrogen-bond donors (Lipinski definition) is 0. The number of unbranched alkanes of at least 4 members (excludes halogenated alkanes) is 2. The summed E-state index contributed by atoms with van der Waals surface area (Å²) in [5.41, 5.74) is 2.83. The molecule has 0 N–H and O–H groups in total. The van der Waals surface area contributed by atoms with E-state index in [4.69, 9.17) is 14.5 Å². The second-order valence-corrected chi connectivity index (χ2v) is 6.94. The van der Waals surface area contributed by atoms with Crippen molar-refractivity contribution < 1.29 is 14.3 Å². The minimum absolute atomic E-state index is 0.131. The molecule has 5 heteroatoms. The van der Waals surface area contributed by atoms with Crippen molar-refractivity contribution in [1.82, 2.24) is 9.88 Å². The van der Waals surface area contributed by atoms with Crippen LogP contribution in [0.3, 0.4) is 0 Å². The third-order valence-corrected chi connectivity index (χ3v) is 4.75. The molecule has 0 aliphatic carbocycles. The van der Waals surface area contributed by atoms with E-state index in [9.17, 15) is 4.79 Å². The Morgan fingerprint density at radius 1 is 1.35 bits per heavy atom. The predicted molar refractivity (Wildman–Crippen MR) is 104 cm³/mol. The molecule has 0 spiro atoms. The van der Waals surface area contributed by atoms with Gasteiger partial charge in [0.15, 0.2) is 0 Å². The quantitative estimate of drug-likeness (QED) is 0.376. The lowest BCUT2D eigenvalue weighted by Crippen LogP contribution is -2.26. The van der Waals surface area contributed by atoms with Crippen LogP contribution in [0.2, 0.25) is 0 Å². The molecule has 1 unspecified atom stereocenters. The maximum absolute atomic E-state index is 11.9. The first kappa shape index (κ1) is 20.6. The first-order valence-electron chi connectivity index (χ1n) is 9.75. The highest BCUT2D eigenvalue weighted by Crippen LogP contribution is 2.31. The Hall–Kier alpha value is -1.72. The Labute approximate surface area is 157 Å². The van der Waals surface area contributed by atoms with Crippen molar-refractivity contribution in [3.05, 3.63) is 35.2 Å². The third-order valence-electron chi connectivity index (χ3n) is 4.75. The third kappa shape index (κ3) is 5.64. The van der Waals surface area contributed by atoms with E-state index < -0.39 is 0 Å². The first-order valence-corrected chi connectivity index (χ1v) is 9.75. The van der Waals surface area contributed by atoms with Crippen LogP contribution in [0.1, 0.15) is 69.6 Å². The molecule has 1 fully saturated rings. The van der Waals surface area contributed by atoms with E-state index in [1.165, 1.54) is 6.08 Å². The number of carbonyl (C=O) groups excluding carboxylic acids is 1. The van der Waals surface area contributed by atoms with Crippen molar-refractivity contribution in [1.29, 1.82) is 0 Å². The molecule has 0 bridgehead atoms. The summed E-state index contributed by atoms with van der Waals surface area (Å²) in [6.45, 7) is 7.54. The Bertz CT molecular complexity index is 615. The number of rotatable bonds is 9. The lowest BCUT2D eigenvalue weighted by atomic mass is 10.1. The zero-order valence-electron chi connectivity index (χ0n) is 16.5. The molecule has 144 valence electrons. The Morgan fingerprint density at radius 3 is 2.77 bits per heavy atom. The van der Waals surface area contributed by atoms with Crippen LogP contribution in [0.5, 0.6) is 0 Å². The van der Waals surface area contributed by atoms with Gasteiger partial charge < -0.3 is 9.47 Å². The zero-order valence-corrected chi connectivity index (χ0v) is 16.5. The Morgan fingerprint density at radius 2 is 2.12 bits per heavy atom. The van der Waals surface area contributed by atoms with Crippen LogP contribution in [0.4, 0.5) is 0 Å². The number of pyridine rings is 1. The molecule has 26 heavy (non-hydrogen) atoms. The van der Waals surface area contributed by atoms with Gasteiger partial charge in [0.25, 0.3) is 0 Å². The van der Waals surface area contributed by atoms with E-state index in [0.717, 1.165) is 49.1 Å². The summed E-state index contributed by atoms with van der Waals surface area (Å²) < 4.78 is 11.2. The molecular formula is C21H32N2O3. The average Bonchev–Trinajstić information content (AvgIpc) is 2.97. The van der Waals surface area contributed by atoms with Gasteiger partial charge >= 0.3 is 5.97 Å². The number of carbonyl (C=O) groups is 1. The van der Waals surface area contributed by atoms with Crippen molar-refractivity contribution in [2.24, 2.45) is 0 Å². The Balaban J connectivity index is 2.20. The predicted octanol–water partition coefficient (Wildman–Crippen LogP) is 4.13. The van der Waals surface area contributed by atoms with E-state index in [2.05, 4.69) is 44.9 Å². The molecule has 5 nitrogen and oxygen atoms in total. The van der Waals surface area contributed by atoms with Crippen LogP contribution in [0.25, 0.3) is 6.08 Å². The van der Waals surface area contributed by atoms with Crippen LogP contribution < -0.4 is 0 Å². The van der Waals surface area contributed by atoms with E-state index in [1.807, 2.05) is 0 Å². The van der Waals surface area contributed by atoms with Gasteiger partial charge in [0, 0.05) is 23.4 Å². The number of ether oxygens (including phenoxy) is 2. The van der Waals surface area contributed by atoms with Crippen molar-refractivity contribution in [2.45, 2.75) is 65.1 Å². The molecule has 1 aromatic rings. The van der Waals surface area contributed by atoms with Gasteiger partial charge in [-0.05, 0) is 45.4 Å². The Kier molecular flexibility index (Phi) is 8.26. The maximum atomic E-state index is 11.9. The lowest BCUT2D eigenvalue weighted by Gasteiger charge is -2.22. The fourth-order valence-corrected chi connectivity index (χ4v) is 2.89. The van der Waals surface area contributed by atoms with Crippen LogP contribution in [-0.4, -0.2) is 42.2 Å². The van der Waals surface area contributed by atoms with Crippen LogP contribution in [0, 0.1) is 0 Å². The highest BCUT2D eigenvalue weighted by Gasteiger charge is 2.31. The van der Waals surface area contributed by atoms with Gasteiger partial charge in [-0.15, -0.1) is 0 Å². The minimum atomic E-state index is -0.320. The second kappa shape index (κ2) is 10.4. The monoisotopic (exact) mass is 360 g/mol. The van der Waals surface area contributed by atoms with E-state index in [1.54, 1.807) is 6.08 Å². The van der Waals surface area contributed by atoms with Crippen LogP contribution in [-0.2, 0) is 20.7 Å². The van der Waals surface area contributed by atoms with Crippen LogP contribution >= 0.6 is 0 Å². The number of likely N-dealkylation sites (N-methyl/N-ethyl adjacent to an activating group) is 1. The summed E-state index contributed by atoms with van der Waals surface area (Å²) in [6, 6.07) is 4.51. The topological polar surface area (TPSA) is 51.7 Å². The average molecular weight is 360 g/mol. The summed E-state index contributed by atoms with van der Waals surface area (Å²) in [5.74, 6) is -0.320. The van der Waals surface area contributed by atoms with Gasteiger partial charge in [-0.25, -0.2) is 4.79 Å². The lowest BCUT2D eigenvalue weighted by molar-refractivity contribution is -0.137. The molecule has 1 aliphatic heterocycles. The summed E-state index contributed by atoms with van der Waals surface area (Å²) >= 11 is 0. The van der Waals surface area contributed by atoms with Crippen molar-refractivity contribution in [3.63, 3.8) is 0 Å². The first-order chi connectivity index (χ1) is 12.6. The van der Waals surface area contributed by atoms with E-state index in [-0.39, 0.29) is 12.2 Å². The van der Waals surface area contributed by atoms with Gasteiger partial charge in [-0.3, -0.25) is 9.88 Å². The number of nitrogens with zero attached hydrogens (tertiary/aromatic N) is 2. The van der Waals surface area contributed by atoms with Crippen molar-refractivity contribution >= 4 is 12.0 Å². The minimum Gasteiger partial charge on any atom is -0.463 e. The SMILES string of the molecule is CCCCOC(=O)/C=C/c1nc(CCCC)ccc1C1OC[C@H](C)N1C. The molecule has 0 aromatic carbocycles. The summed E-state index contributed by atoms with van der Waals surface area (Å²) in [5, 5.41) is 0. The largest absolute Gasteiger partial charge is 0.463 e. The highest BCUT2D eigenvalue weighted by molar-refractivity contribution is 5.87. The molecule has 2 atom stereocenters. The van der Waals surface area contributed by atoms with Gasteiger partial charge in [-0.1, -0.05) is 32.8 Å².